The third-order valence-corrected chi connectivity index (χ3v) is 4.83. The van der Waals surface area contributed by atoms with E-state index in [1.165, 1.54) is 10.7 Å². The Morgan fingerprint density at radius 2 is 1.92 bits per heavy atom. The second-order valence-corrected chi connectivity index (χ2v) is 6.64. The Labute approximate surface area is 145 Å². The molecule has 2 fully saturated rings. The van der Waals surface area contributed by atoms with Crippen LogP contribution < -0.4 is 5.56 Å². The fraction of sp³-hybridized carbons (Fsp3) is 0.529. The minimum Gasteiger partial charge on any atom is -0.340 e. The molecule has 3 heterocycles. The molecule has 1 saturated heterocycles. The maximum absolute atomic E-state index is 12.1. The molecule has 0 bridgehead atoms. The van der Waals surface area contributed by atoms with Crippen molar-refractivity contribution in [2.24, 2.45) is 5.92 Å². The molecule has 8 nitrogen and oxygen atoms in total. The van der Waals surface area contributed by atoms with E-state index < -0.39 is 0 Å². The number of amides is 1. The van der Waals surface area contributed by atoms with E-state index >= 15 is 0 Å². The van der Waals surface area contributed by atoms with Crippen molar-refractivity contribution >= 4 is 5.91 Å². The maximum Gasteiger partial charge on any atom is 0.266 e. The monoisotopic (exact) mass is 342 g/mol. The smallest absolute Gasteiger partial charge is 0.266 e. The van der Waals surface area contributed by atoms with Crippen molar-refractivity contribution in [2.75, 3.05) is 32.7 Å². The van der Waals surface area contributed by atoms with Gasteiger partial charge in [0.25, 0.3) is 5.56 Å². The summed E-state index contributed by atoms with van der Waals surface area (Å²) >= 11 is 0. The molecule has 2 aromatic rings. The van der Waals surface area contributed by atoms with Gasteiger partial charge in [-0.3, -0.25) is 14.5 Å². The van der Waals surface area contributed by atoms with Crippen molar-refractivity contribution in [3.05, 3.63) is 40.9 Å². The van der Waals surface area contributed by atoms with Gasteiger partial charge in [0.2, 0.25) is 5.91 Å². The van der Waals surface area contributed by atoms with E-state index in [0.29, 0.717) is 24.2 Å². The molecule has 0 atom stereocenters. The molecule has 1 aliphatic carbocycles. The molecule has 132 valence electrons. The van der Waals surface area contributed by atoms with Crippen LogP contribution in [-0.2, 0) is 11.3 Å². The number of hydrogen-bond acceptors (Lipinski definition) is 5. The Hall–Kier alpha value is -2.48. The van der Waals surface area contributed by atoms with Crippen LogP contribution in [0.1, 0.15) is 12.8 Å². The van der Waals surface area contributed by atoms with Gasteiger partial charge in [0, 0.05) is 57.1 Å². The molecular formula is C17H22N6O2. The molecule has 1 aliphatic heterocycles. The number of nitrogens with zero attached hydrogens (tertiary/aromatic N) is 6. The van der Waals surface area contributed by atoms with Crippen molar-refractivity contribution in [3.8, 4) is 5.82 Å². The Morgan fingerprint density at radius 1 is 1.12 bits per heavy atom. The van der Waals surface area contributed by atoms with Crippen molar-refractivity contribution in [2.45, 2.75) is 19.4 Å². The normalized spacial score (nSPS) is 18.5. The van der Waals surface area contributed by atoms with E-state index in [2.05, 4.69) is 15.1 Å². The molecule has 4 rings (SSSR count). The van der Waals surface area contributed by atoms with Crippen LogP contribution in [-0.4, -0.2) is 68.0 Å². The SMILES string of the molecule is O=C(C1CC1)N1CCN(CCn2nc(-n3cccn3)ccc2=O)CC1. The lowest BCUT2D eigenvalue weighted by molar-refractivity contribution is -0.134. The molecule has 2 aliphatic rings. The number of aromatic nitrogens is 4. The number of piperazine rings is 1. The van der Waals surface area contributed by atoms with E-state index in [0.717, 1.165) is 45.6 Å². The van der Waals surface area contributed by atoms with Gasteiger partial charge in [-0.2, -0.15) is 5.10 Å². The lowest BCUT2D eigenvalue weighted by Gasteiger charge is -2.34. The molecular weight excluding hydrogens is 320 g/mol. The van der Waals surface area contributed by atoms with Crippen molar-refractivity contribution < 1.29 is 4.79 Å². The van der Waals surface area contributed by atoms with Gasteiger partial charge in [0.1, 0.15) is 0 Å². The van der Waals surface area contributed by atoms with E-state index in [1.807, 2.05) is 11.0 Å². The highest BCUT2D eigenvalue weighted by Gasteiger charge is 2.34. The van der Waals surface area contributed by atoms with Gasteiger partial charge in [-0.1, -0.05) is 0 Å². The standard InChI is InChI=1S/C17H22N6O2/c24-16-5-4-15(22-7-1-6-18-22)19-23(16)13-10-20-8-11-21(12-9-20)17(25)14-2-3-14/h1,4-7,14H,2-3,8-13H2. The Kier molecular flexibility index (Phi) is 4.35. The third kappa shape index (κ3) is 3.63. The summed E-state index contributed by atoms with van der Waals surface area (Å²) < 4.78 is 3.12. The Bertz CT molecular complexity index is 788. The van der Waals surface area contributed by atoms with Gasteiger partial charge in [0.15, 0.2) is 5.82 Å². The molecule has 0 unspecified atom stereocenters. The average molecular weight is 342 g/mol. The molecule has 2 aromatic heterocycles. The van der Waals surface area contributed by atoms with Gasteiger partial charge in [-0.05, 0) is 25.0 Å². The first-order chi connectivity index (χ1) is 12.2. The highest BCUT2D eigenvalue weighted by molar-refractivity contribution is 5.81. The fourth-order valence-corrected chi connectivity index (χ4v) is 3.14. The molecule has 0 radical (unpaired) electrons. The summed E-state index contributed by atoms with van der Waals surface area (Å²) in [5, 5.41) is 8.53. The van der Waals surface area contributed by atoms with E-state index in [1.54, 1.807) is 23.1 Å². The molecule has 0 spiro atoms. The van der Waals surface area contributed by atoms with Crippen LogP contribution in [0, 0.1) is 5.92 Å². The van der Waals surface area contributed by atoms with Crippen molar-refractivity contribution in [1.29, 1.82) is 0 Å². The van der Waals surface area contributed by atoms with Crippen LogP contribution in [0.3, 0.4) is 0 Å². The molecule has 0 N–H and O–H groups in total. The largest absolute Gasteiger partial charge is 0.340 e. The Balaban J connectivity index is 1.33. The summed E-state index contributed by atoms with van der Waals surface area (Å²) in [4.78, 5) is 28.4. The predicted octanol–water partition coefficient (Wildman–Crippen LogP) is -0.0168. The molecule has 1 amide bonds. The molecule has 25 heavy (non-hydrogen) atoms. The maximum atomic E-state index is 12.1. The third-order valence-electron chi connectivity index (χ3n) is 4.83. The van der Waals surface area contributed by atoms with Crippen LogP contribution in [0.2, 0.25) is 0 Å². The predicted molar refractivity (Wildman–Crippen MR) is 91.4 cm³/mol. The lowest BCUT2D eigenvalue weighted by atomic mass is 10.2. The first-order valence-corrected chi connectivity index (χ1v) is 8.80. The van der Waals surface area contributed by atoms with E-state index in [9.17, 15) is 9.59 Å². The summed E-state index contributed by atoms with van der Waals surface area (Å²) in [6.07, 6.45) is 5.59. The topological polar surface area (TPSA) is 76.3 Å². The van der Waals surface area contributed by atoms with Crippen molar-refractivity contribution in [1.82, 2.24) is 29.4 Å². The zero-order valence-corrected chi connectivity index (χ0v) is 14.1. The Morgan fingerprint density at radius 3 is 2.60 bits per heavy atom. The van der Waals surface area contributed by atoms with Crippen LogP contribution >= 0.6 is 0 Å². The quantitative estimate of drug-likeness (QED) is 0.763. The fourth-order valence-electron chi connectivity index (χ4n) is 3.14. The molecule has 1 saturated carbocycles. The lowest BCUT2D eigenvalue weighted by Crippen LogP contribution is -2.50. The van der Waals surface area contributed by atoms with Crippen molar-refractivity contribution in [3.63, 3.8) is 0 Å². The minimum absolute atomic E-state index is 0.113. The average Bonchev–Trinajstić information content (AvgIpc) is 3.35. The summed E-state index contributed by atoms with van der Waals surface area (Å²) in [6.45, 7) is 4.56. The summed E-state index contributed by atoms with van der Waals surface area (Å²) in [7, 11) is 0. The number of rotatable bonds is 5. The van der Waals surface area contributed by atoms with Crippen LogP contribution in [0.4, 0.5) is 0 Å². The molecule has 8 heteroatoms. The van der Waals surface area contributed by atoms with Crippen LogP contribution in [0.5, 0.6) is 0 Å². The second-order valence-electron chi connectivity index (χ2n) is 6.64. The summed E-state index contributed by atoms with van der Waals surface area (Å²) in [6, 6.07) is 5.02. The number of carbonyl (C=O) groups is 1. The first-order valence-electron chi connectivity index (χ1n) is 8.80. The van der Waals surface area contributed by atoms with E-state index in [-0.39, 0.29) is 5.56 Å². The van der Waals surface area contributed by atoms with Gasteiger partial charge in [0.05, 0.1) is 6.54 Å². The highest BCUT2D eigenvalue weighted by Crippen LogP contribution is 2.31. The first kappa shape index (κ1) is 16.0. The van der Waals surface area contributed by atoms with Gasteiger partial charge < -0.3 is 4.90 Å². The second kappa shape index (κ2) is 6.79. The number of carbonyl (C=O) groups excluding carboxylic acids is 1. The zero-order valence-electron chi connectivity index (χ0n) is 14.1. The number of hydrogen-bond donors (Lipinski definition) is 0. The summed E-state index contributed by atoms with van der Waals surface area (Å²) in [5.41, 5.74) is -0.113. The van der Waals surface area contributed by atoms with Crippen LogP contribution in [0.15, 0.2) is 35.4 Å². The van der Waals surface area contributed by atoms with Gasteiger partial charge >= 0.3 is 0 Å². The molecule has 0 aromatic carbocycles. The van der Waals surface area contributed by atoms with Gasteiger partial charge in [-0.15, -0.1) is 5.10 Å². The van der Waals surface area contributed by atoms with E-state index in [4.69, 9.17) is 0 Å². The minimum atomic E-state index is -0.113. The summed E-state index contributed by atoms with van der Waals surface area (Å²) in [5.74, 6) is 1.24. The van der Waals surface area contributed by atoms with Gasteiger partial charge in [-0.25, -0.2) is 9.36 Å². The zero-order chi connectivity index (χ0) is 17.2. The van der Waals surface area contributed by atoms with Crippen LogP contribution in [0.25, 0.3) is 5.82 Å². The highest BCUT2D eigenvalue weighted by atomic mass is 16.2.